The van der Waals surface area contributed by atoms with E-state index < -0.39 is 0 Å². The third kappa shape index (κ3) is 2.81. The summed E-state index contributed by atoms with van der Waals surface area (Å²) in [4.78, 5) is 16.4. The normalized spacial score (nSPS) is 10.3. The number of benzene rings is 2. The Bertz CT molecular complexity index is 860. The second-order valence-electron chi connectivity index (χ2n) is 4.88. The van der Waals surface area contributed by atoms with Gasteiger partial charge >= 0.3 is 0 Å². The standard InChI is InChI=1S/C17H14N4O/c18-11-13-4-3-5-14(10-13)17(22)19-8-9-21-12-20-15-6-1-2-7-16(15)21/h1-7,10,12H,8-9H2,(H,19,22). The second kappa shape index (κ2) is 6.10. The summed E-state index contributed by atoms with van der Waals surface area (Å²) in [5.74, 6) is -0.179. The van der Waals surface area contributed by atoms with Crippen LogP contribution >= 0.6 is 0 Å². The maximum atomic E-state index is 12.1. The van der Waals surface area contributed by atoms with Gasteiger partial charge in [0.1, 0.15) is 0 Å². The molecule has 108 valence electrons. The van der Waals surface area contributed by atoms with Crippen molar-refractivity contribution in [3.8, 4) is 6.07 Å². The summed E-state index contributed by atoms with van der Waals surface area (Å²) in [6.07, 6.45) is 1.77. The van der Waals surface area contributed by atoms with Crippen LogP contribution in [0, 0.1) is 11.3 Å². The van der Waals surface area contributed by atoms with Crippen molar-refractivity contribution in [3.63, 3.8) is 0 Å². The Morgan fingerprint density at radius 3 is 2.95 bits per heavy atom. The average Bonchev–Trinajstić information content (AvgIpc) is 2.98. The van der Waals surface area contributed by atoms with Gasteiger partial charge in [-0.15, -0.1) is 0 Å². The number of nitriles is 1. The predicted molar refractivity (Wildman–Crippen MR) is 83.2 cm³/mol. The second-order valence-corrected chi connectivity index (χ2v) is 4.88. The number of fused-ring (bicyclic) bond motifs is 1. The molecule has 0 aliphatic heterocycles. The van der Waals surface area contributed by atoms with Crippen LogP contribution in [0.4, 0.5) is 0 Å². The maximum absolute atomic E-state index is 12.1. The zero-order valence-electron chi connectivity index (χ0n) is 11.9. The lowest BCUT2D eigenvalue weighted by molar-refractivity contribution is 0.0952. The van der Waals surface area contributed by atoms with Crippen LogP contribution in [0.5, 0.6) is 0 Å². The van der Waals surface area contributed by atoms with Crippen LogP contribution in [0.1, 0.15) is 15.9 Å². The number of para-hydroxylation sites is 2. The lowest BCUT2D eigenvalue weighted by atomic mass is 10.1. The van der Waals surface area contributed by atoms with Crippen molar-refractivity contribution >= 4 is 16.9 Å². The van der Waals surface area contributed by atoms with E-state index in [0.717, 1.165) is 11.0 Å². The van der Waals surface area contributed by atoms with Gasteiger partial charge in [0, 0.05) is 18.7 Å². The quantitative estimate of drug-likeness (QED) is 0.801. The van der Waals surface area contributed by atoms with Crippen molar-refractivity contribution in [2.45, 2.75) is 6.54 Å². The van der Waals surface area contributed by atoms with Gasteiger partial charge in [0.05, 0.1) is 29.0 Å². The molecule has 0 atom stereocenters. The van der Waals surface area contributed by atoms with Gasteiger partial charge in [0.25, 0.3) is 5.91 Å². The van der Waals surface area contributed by atoms with Crippen molar-refractivity contribution in [1.82, 2.24) is 14.9 Å². The fraction of sp³-hybridized carbons (Fsp3) is 0.118. The SMILES string of the molecule is N#Cc1cccc(C(=O)NCCn2cnc3ccccc32)c1. The van der Waals surface area contributed by atoms with Crippen LogP contribution in [0.2, 0.25) is 0 Å². The molecule has 0 spiro atoms. The van der Waals surface area contributed by atoms with Gasteiger partial charge < -0.3 is 9.88 Å². The van der Waals surface area contributed by atoms with Gasteiger partial charge in [0.2, 0.25) is 0 Å². The number of amides is 1. The number of imidazole rings is 1. The Balaban J connectivity index is 1.63. The summed E-state index contributed by atoms with van der Waals surface area (Å²) in [6, 6.07) is 16.6. The van der Waals surface area contributed by atoms with E-state index in [4.69, 9.17) is 5.26 Å². The number of hydrogen-bond acceptors (Lipinski definition) is 3. The lowest BCUT2D eigenvalue weighted by Gasteiger charge is -2.07. The highest BCUT2D eigenvalue weighted by atomic mass is 16.1. The van der Waals surface area contributed by atoms with E-state index in [0.29, 0.717) is 24.2 Å². The summed E-state index contributed by atoms with van der Waals surface area (Å²) >= 11 is 0. The Morgan fingerprint density at radius 2 is 2.09 bits per heavy atom. The highest BCUT2D eigenvalue weighted by Crippen LogP contribution is 2.11. The molecule has 0 unspecified atom stereocenters. The largest absolute Gasteiger partial charge is 0.350 e. The number of nitrogens with zero attached hydrogens (tertiary/aromatic N) is 3. The van der Waals surface area contributed by atoms with Crippen molar-refractivity contribution in [3.05, 3.63) is 66.0 Å². The molecule has 1 heterocycles. The minimum atomic E-state index is -0.179. The monoisotopic (exact) mass is 290 g/mol. The molecule has 0 saturated heterocycles. The van der Waals surface area contributed by atoms with Crippen molar-refractivity contribution in [1.29, 1.82) is 5.26 Å². The molecule has 3 rings (SSSR count). The van der Waals surface area contributed by atoms with Gasteiger partial charge in [-0.3, -0.25) is 4.79 Å². The Morgan fingerprint density at radius 1 is 1.23 bits per heavy atom. The predicted octanol–water partition coefficient (Wildman–Crippen LogP) is 2.34. The minimum absolute atomic E-state index is 0.179. The first kappa shape index (κ1) is 13.8. The van der Waals surface area contributed by atoms with E-state index in [-0.39, 0.29) is 5.91 Å². The first-order valence-electron chi connectivity index (χ1n) is 6.96. The van der Waals surface area contributed by atoms with E-state index in [1.54, 1.807) is 30.6 Å². The molecule has 0 radical (unpaired) electrons. The first-order valence-corrected chi connectivity index (χ1v) is 6.96. The molecule has 0 aliphatic carbocycles. The number of hydrogen-bond donors (Lipinski definition) is 1. The molecular formula is C17H14N4O. The fourth-order valence-corrected chi connectivity index (χ4v) is 2.31. The summed E-state index contributed by atoms with van der Waals surface area (Å²) in [5, 5.41) is 11.7. The molecule has 0 fully saturated rings. The molecular weight excluding hydrogens is 276 g/mol. The van der Waals surface area contributed by atoms with Gasteiger partial charge in [-0.25, -0.2) is 4.98 Å². The molecule has 5 nitrogen and oxygen atoms in total. The summed E-state index contributed by atoms with van der Waals surface area (Å²) in [7, 11) is 0. The molecule has 1 amide bonds. The fourth-order valence-electron chi connectivity index (χ4n) is 2.31. The van der Waals surface area contributed by atoms with Crippen LogP contribution in [0.25, 0.3) is 11.0 Å². The van der Waals surface area contributed by atoms with Crippen molar-refractivity contribution in [2.24, 2.45) is 0 Å². The van der Waals surface area contributed by atoms with Gasteiger partial charge in [-0.05, 0) is 30.3 Å². The zero-order valence-corrected chi connectivity index (χ0v) is 11.9. The molecule has 5 heteroatoms. The number of rotatable bonds is 4. The molecule has 1 aromatic heterocycles. The summed E-state index contributed by atoms with van der Waals surface area (Å²) in [5.41, 5.74) is 2.96. The Hall–Kier alpha value is -3.13. The topological polar surface area (TPSA) is 70.7 Å². The molecule has 2 aromatic carbocycles. The highest BCUT2D eigenvalue weighted by molar-refractivity contribution is 5.94. The number of carbonyl (C=O) groups excluding carboxylic acids is 1. The summed E-state index contributed by atoms with van der Waals surface area (Å²) in [6.45, 7) is 1.14. The smallest absolute Gasteiger partial charge is 0.251 e. The average molecular weight is 290 g/mol. The van der Waals surface area contributed by atoms with Crippen molar-refractivity contribution < 1.29 is 4.79 Å². The number of nitrogens with one attached hydrogen (secondary N) is 1. The summed E-state index contributed by atoms with van der Waals surface area (Å²) < 4.78 is 2.00. The Labute approximate surface area is 127 Å². The van der Waals surface area contributed by atoms with Crippen LogP contribution in [-0.4, -0.2) is 22.0 Å². The first-order chi connectivity index (χ1) is 10.8. The Kier molecular flexibility index (Phi) is 3.84. The number of aromatic nitrogens is 2. The van der Waals surface area contributed by atoms with Gasteiger partial charge in [0.15, 0.2) is 0 Å². The molecule has 3 aromatic rings. The van der Waals surface area contributed by atoms with E-state index >= 15 is 0 Å². The van der Waals surface area contributed by atoms with Crippen LogP contribution < -0.4 is 5.32 Å². The van der Waals surface area contributed by atoms with Crippen LogP contribution in [0.15, 0.2) is 54.9 Å². The zero-order chi connectivity index (χ0) is 15.4. The molecule has 0 bridgehead atoms. The number of carbonyl (C=O) groups is 1. The molecule has 22 heavy (non-hydrogen) atoms. The third-order valence-electron chi connectivity index (χ3n) is 3.42. The van der Waals surface area contributed by atoms with Crippen LogP contribution in [-0.2, 0) is 6.54 Å². The minimum Gasteiger partial charge on any atom is -0.350 e. The van der Waals surface area contributed by atoms with E-state index in [2.05, 4.69) is 10.3 Å². The maximum Gasteiger partial charge on any atom is 0.251 e. The van der Waals surface area contributed by atoms with Crippen molar-refractivity contribution in [2.75, 3.05) is 6.54 Å². The highest BCUT2D eigenvalue weighted by Gasteiger charge is 2.06. The third-order valence-corrected chi connectivity index (χ3v) is 3.42. The van der Waals surface area contributed by atoms with Gasteiger partial charge in [-0.2, -0.15) is 5.26 Å². The van der Waals surface area contributed by atoms with Crippen LogP contribution in [0.3, 0.4) is 0 Å². The molecule has 1 N–H and O–H groups in total. The van der Waals surface area contributed by atoms with E-state index in [1.807, 2.05) is 34.9 Å². The lowest BCUT2D eigenvalue weighted by Crippen LogP contribution is -2.27. The van der Waals surface area contributed by atoms with Gasteiger partial charge in [-0.1, -0.05) is 18.2 Å². The van der Waals surface area contributed by atoms with E-state index in [1.165, 1.54) is 0 Å². The van der Waals surface area contributed by atoms with E-state index in [9.17, 15) is 4.79 Å². The molecule has 0 aliphatic rings. The molecule has 0 saturated carbocycles.